The van der Waals surface area contributed by atoms with Crippen LogP contribution in [0.15, 0.2) is 51.7 Å². The molecule has 0 saturated heterocycles. The van der Waals surface area contributed by atoms with Crippen molar-refractivity contribution < 1.29 is 19.4 Å². The Labute approximate surface area is 119 Å². The van der Waals surface area contributed by atoms with Gasteiger partial charge in [0.05, 0.1) is 12.5 Å². The number of aromatic hydroxyl groups is 1. The highest BCUT2D eigenvalue weighted by Crippen LogP contribution is 2.32. The van der Waals surface area contributed by atoms with Crippen LogP contribution in [0.25, 0.3) is 22.3 Å². The number of benzene rings is 2. The Morgan fingerprint density at radius 3 is 2.52 bits per heavy atom. The van der Waals surface area contributed by atoms with Crippen molar-refractivity contribution >= 4 is 11.0 Å². The lowest BCUT2D eigenvalue weighted by molar-refractivity contribution is -0.268. The van der Waals surface area contributed by atoms with Gasteiger partial charge in [-0.05, 0) is 42.1 Å². The Morgan fingerprint density at radius 1 is 1.14 bits per heavy atom. The van der Waals surface area contributed by atoms with E-state index in [1.165, 1.54) is 18.2 Å². The van der Waals surface area contributed by atoms with Crippen molar-refractivity contribution in [3.8, 4) is 28.6 Å². The summed E-state index contributed by atoms with van der Waals surface area (Å²) in [6, 6.07) is 10.8. The first kappa shape index (κ1) is 13.1. The normalized spacial score (nSPS) is 10.7. The highest BCUT2D eigenvalue weighted by molar-refractivity contribution is 5.85. The van der Waals surface area contributed by atoms with E-state index in [2.05, 4.69) is 0 Å². The molecule has 0 aliphatic heterocycles. The van der Waals surface area contributed by atoms with Crippen LogP contribution >= 0.6 is 0 Å². The average Bonchev–Trinajstić information content (AvgIpc) is 2.51. The van der Waals surface area contributed by atoms with Crippen molar-refractivity contribution in [3.63, 3.8) is 0 Å². The summed E-state index contributed by atoms with van der Waals surface area (Å²) >= 11 is 0. The van der Waals surface area contributed by atoms with Gasteiger partial charge >= 0.3 is 0 Å². The number of phenols is 1. The largest absolute Gasteiger partial charge is 0.867 e. The summed E-state index contributed by atoms with van der Waals surface area (Å²) in [5.41, 5.74) is 0.157. The summed E-state index contributed by atoms with van der Waals surface area (Å²) in [5.74, 6) is -0.209. The number of methoxy groups -OCH3 is 1. The molecule has 0 aliphatic rings. The van der Waals surface area contributed by atoms with Gasteiger partial charge in [-0.1, -0.05) is 0 Å². The van der Waals surface area contributed by atoms with Gasteiger partial charge in [-0.3, -0.25) is 4.79 Å². The Hall–Kier alpha value is -2.95. The average molecular weight is 283 g/mol. The smallest absolute Gasteiger partial charge is 0.193 e. The third-order valence-corrected chi connectivity index (χ3v) is 3.21. The van der Waals surface area contributed by atoms with E-state index in [4.69, 9.17) is 9.15 Å². The second-order valence-electron chi connectivity index (χ2n) is 4.49. The van der Waals surface area contributed by atoms with Crippen molar-refractivity contribution in [3.05, 3.63) is 52.7 Å². The first-order valence-corrected chi connectivity index (χ1v) is 6.21. The van der Waals surface area contributed by atoms with E-state index < -0.39 is 11.5 Å². The van der Waals surface area contributed by atoms with E-state index in [0.717, 1.165) is 0 Å². The lowest BCUT2D eigenvalue weighted by Gasteiger charge is -2.12. The molecule has 1 heterocycles. The molecule has 2 aromatic carbocycles. The maximum atomic E-state index is 12.1. The number of hydrogen-bond donors (Lipinski definition) is 1. The summed E-state index contributed by atoms with van der Waals surface area (Å²) in [4.78, 5) is 12.1. The lowest BCUT2D eigenvalue weighted by Crippen LogP contribution is -2.03. The van der Waals surface area contributed by atoms with E-state index in [-0.39, 0.29) is 22.2 Å². The summed E-state index contributed by atoms with van der Waals surface area (Å²) in [6.07, 6.45) is 0. The van der Waals surface area contributed by atoms with Crippen molar-refractivity contribution in [2.24, 2.45) is 0 Å². The van der Waals surface area contributed by atoms with Gasteiger partial charge in [0.1, 0.15) is 22.8 Å². The van der Waals surface area contributed by atoms with Crippen LogP contribution in [0.2, 0.25) is 0 Å². The molecule has 0 spiro atoms. The zero-order chi connectivity index (χ0) is 15.0. The van der Waals surface area contributed by atoms with E-state index in [9.17, 15) is 15.0 Å². The van der Waals surface area contributed by atoms with E-state index in [1.807, 2.05) is 0 Å². The molecule has 1 N–H and O–H groups in total. The highest BCUT2D eigenvalue weighted by Gasteiger charge is 2.09. The van der Waals surface area contributed by atoms with Gasteiger partial charge in [-0.2, -0.15) is 0 Å². The van der Waals surface area contributed by atoms with Gasteiger partial charge in [-0.25, -0.2) is 0 Å². The SMILES string of the molecule is COc1ccc(-c2cc(=O)c3ccc(O)c([O-])c3o2)cc1. The molecule has 0 amide bonds. The zero-order valence-electron chi connectivity index (χ0n) is 11.1. The van der Waals surface area contributed by atoms with Crippen LogP contribution in [-0.2, 0) is 0 Å². The molecule has 0 aliphatic carbocycles. The molecule has 3 aromatic rings. The van der Waals surface area contributed by atoms with E-state index >= 15 is 0 Å². The summed E-state index contributed by atoms with van der Waals surface area (Å²) < 4.78 is 10.6. The third-order valence-electron chi connectivity index (χ3n) is 3.21. The Balaban J connectivity index is 2.23. The van der Waals surface area contributed by atoms with Crippen LogP contribution in [0.1, 0.15) is 0 Å². The topological polar surface area (TPSA) is 82.7 Å². The van der Waals surface area contributed by atoms with E-state index in [1.54, 1.807) is 31.4 Å². The van der Waals surface area contributed by atoms with Gasteiger partial charge in [0, 0.05) is 11.6 Å². The standard InChI is InChI=1S/C16H12O5/c1-20-10-4-2-9(3-5-10)14-8-13(18)11-6-7-12(17)15(19)16(11)21-14/h2-8,17,19H,1H3/p-1. The quantitative estimate of drug-likeness (QED) is 0.780. The molecule has 5 nitrogen and oxygen atoms in total. The second kappa shape index (κ2) is 4.86. The number of fused-ring (bicyclic) bond motifs is 1. The molecule has 21 heavy (non-hydrogen) atoms. The predicted octanol–water partition coefficient (Wildman–Crippen LogP) is 2.25. The van der Waals surface area contributed by atoms with Crippen LogP contribution in [0.4, 0.5) is 0 Å². The van der Waals surface area contributed by atoms with Crippen LogP contribution in [0, 0.1) is 0 Å². The summed E-state index contributed by atoms with van der Waals surface area (Å²) in [6.45, 7) is 0. The number of rotatable bonds is 2. The second-order valence-corrected chi connectivity index (χ2v) is 4.49. The molecule has 3 rings (SSSR count). The van der Waals surface area contributed by atoms with Gasteiger partial charge in [0.15, 0.2) is 5.43 Å². The minimum atomic E-state index is -0.694. The molecule has 0 bridgehead atoms. The first-order chi connectivity index (χ1) is 10.1. The number of hydrogen-bond acceptors (Lipinski definition) is 5. The molecule has 1 aromatic heterocycles. The Bertz CT molecular complexity index is 862. The predicted molar refractivity (Wildman–Crippen MR) is 75.6 cm³/mol. The molecule has 0 atom stereocenters. The molecule has 0 saturated carbocycles. The number of phenolic OH excluding ortho intramolecular Hbond substituents is 1. The van der Waals surface area contributed by atoms with Gasteiger partial charge in [0.25, 0.3) is 0 Å². The van der Waals surface area contributed by atoms with Crippen molar-refractivity contribution in [2.45, 2.75) is 0 Å². The van der Waals surface area contributed by atoms with E-state index in [0.29, 0.717) is 11.3 Å². The lowest BCUT2D eigenvalue weighted by atomic mass is 10.1. The highest BCUT2D eigenvalue weighted by atomic mass is 16.5. The van der Waals surface area contributed by atoms with Crippen molar-refractivity contribution in [2.75, 3.05) is 7.11 Å². The monoisotopic (exact) mass is 283 g/mol. The van der Waals surface area contributed by atoms with Gasteiger partial charge in [-0.15, -0.1) is 0 Å². The van der Waals surface area contributed by atoms with Crippen LogP contribution in [0.5, 0.6) is 17.2 Å². The molecule has 5 heteroatoms. The van der Waals surface area contributed by atoms with Gasteiger partial charge < -0.3 is 19.4 Å². The van der Waals surface area contributed by atoms with Crippen LogP contribution < -0.4 is 15.3 Å². The van der Waals surface area contributed by atoms with Gasteiger partial charge in [0.2, 0.25) is 0 Å². The fourth-order valence-corrected chi connectivity index (χ4v) is 2.08. The summed E-state index contributed by atoms with van der Waals surface area (Å²) in [5, 5.41) is 21.5. The fourth-order valence-electron chi connectivity index (χ4n) is 2.08. The van der Waals surface area contributed by atoms with Crippen LogP contribution in [0.3, 0.4) is 0 Å². The Morgan fingerprint density at radius 2 is 1.86 bits per heavy atom. The Kier molecular flexibility index (Phi) is 3.02. The molecule has 0 unspecified atom stereocenters. The van der Waals surface area contributed by atoms with Crippen LogP contribution in [-0.4, -0.2) is 12.2 Å². The maximum absolute atomic E-state index is 12.1. The minimum absolute atomic E-state index is 0.145. The third kappa shape index (κ3) is 2.18. The molecular weight excluding hydrogens is 272 g/mol. The molecule has 0 fully saturated rings. The maximum Gasteiger partial charge on any atom is 0.193 e. The van der Waals surface area contributed by atoms with Crippen molar-refractivity contribution in [1.82, 2.24) is 0 Å². The van der Waals surface area contributed by atoms with Crippen molar-refractivity contribution in [1.29, 1.82) is 0 Å². The summed E-state index contributed by atoms with van der Waals surface area (Å²) in [7, 11) is 1.55. The first-order valence-electron chi connectivity index (χ1n) is 6.21. The molecule has 0 radical (unpaired) electrons. The molecular formula is C16H11O5-. The zero-order valence-corrected chi connectivity index (χ0v) is 11.1. The minimum Gasteiger partial charge on any atom is -0.867 e. The number of ether oxygens (including phenoxy) is 1. The fraction of sp³-hybridized carbons (Fsp3) is 0.0625. The molecule has 106 valence electrons.